The van der Waals surface area contributed by atoms with Crippen molar-refractivity contribution >= 4 is 16.7 Å². The fraction of sp³-hybridized carbons (Fsp3) is 0.250. The lowest BCUT2D eigenvalue weighted by Gasteiger charge is -2.06. The van der Waals surface area contributed by atoms with E-state index in [4.69, 9.17) is 9.15 Å². The van der Waals surface area contributed by atoms with E-state index in [-0.39, 0.29) is 18.3 Å². The van der Waals surface area contributed by atoms with Crippen LogP contribution in [-0.4, -0.2) is 23.7 Å². The molecule has 1 unspecified atom stereocenters. The van der Waals surface area contributed by atoms with Gasteiger partial charge in [0.15, 0.2) is 5.76 Å². The molecule has 0 aliphatic heterocycles. The number of nitrogens with one attached hydrogen (secondary N) is 1. The van der Waals surface area contributed by atoms with Gasteiger partial charge in [-0.2, -0.15) is 0 Å². The van der Waals surface area contributed by atoms with E-state index in [1.165, 1.54) is 0 Å². The third kappa shape index (κ3) is 4.61. The average molecular weight is 339 g/mol. The summed E-state index contributed by atoms with van der Waals surface area (Å²) in [7, 11) is 0. The fourth-order valence-corrected chi connectivity index (χ4v) is 2.47. The fourth-order valence-electron chi connectivity index (χ4n) is 2.47. The number of hydrogen-bond acceptors (Lipinski definition) is 4. The highest BCUT2D eigenvalue weighted by atomic mass is 16.5. The molecular formula is C20H21NO4. The molecule has 3 aromatic rings. The highest BCUT2D eigenvalue weighted by molar-refractivity contribution is 5.91. The lowest BCUT2D eigenvalue weighted by molar-refractivity contribution is 0.0914. The van der Waals surface area contributed by atoms with Crippen molar-refractivity contribution in [1.82, 2.24) is 5.32 Å². The van der Waals surface area contributed by atoms with Crippen LogP contribution < -0.4 is 10.1 Å². The second kappa shape index (κ2) is 7.85. The number of carbonyl (C=O) groups is 1. The summed E-state index contributed by atoms with van der Waals surface area (Å²) in [6.07, 6.45) is 0.0625. The van der Waals surface area contributed by atoms with Gasteiger partial charge in [0.05, 0.1) is 6.10 Å². The Morgan fingerprint density at radius 3 is 2.76 bits per heavy atom. The van der Waals surface area contributed by atoms with Gasteiger partial charge in [0, 0.05) is 6.54 Å². The smallest absolute Gasteiger partial charge is 0.286 e. The number of benzene rings is 2. The van der Waals surface area contributed by atoms with Gasteiger partial charge in [0.1, 0.15) is 18.1 Å². The molecule has 130 valence electrons. The molecule has 2 aromatic carbocycles. The number of rotatable bonds is 7. The average Bonchev–Trinajstić information content (AvgIpc) is 3.08. The first-order valence-corrected chi connectivity index (χ1v) is 8.28. The van der Waals surface area contributed by atoms with Crippen LogP contribution in [0.1, 0.15) is 29.7 Å². The number of fused-ring (bicyclic) bond motifs is 1. The second-order valence-electron chi connectivity index (χ2n) is 5.96. The first-order chi connectivity index (χ1) is 12.1. The standard InChI is InChI=1S/C20H21NO4/c1-14(22)10-11-21-20(23)19-9-8-18(25-19)13-24-17-7-6-15-4-2-3-5-16(15)12-17/h2-9,12,14,22H,10-11,13H2,1H3,(H,21,23). The van der Waals surface area contributed by atoms with Gasteiger partial charge in [-0.1, -0.05) is 30.3 Å². The normalized spacial score (nSPS) is 12.1. The highest BCUT2D eigenvalue weighted by Gasteiger charge is 2.11. The van der Waals surface area contributed by atoms with Crippen molar-refractivity contribution in [3.8, 4) is 5.75 Å². The molecule has 0 radical (unpaired) electrons. The van der Waals surface area contributed by atoms with E-state index < -0.39 is 6.10 Å². The zero-order valence-corrected chi connectivity index (χ0v) is 14.1. The largest absolute Gasteiger partial charge is 0.486 e. The van der Waals surface area contributed by atoms with Gasteiger partial charge < -0.3 is 19.6 Å². The van der Waals surface area contributed by atoms with E-state index in [1.54, 1.807) is 19.1 Å². The van der Waals surface area contributed by atoms with Crippen molar-refractivity contribution < 1.29 is 19.1 Å². The summed E-state index contributed by atoms with van der Waals surface area (Å²) in [5.41, 5.74) is 0. The van der Waals surface area contributed by atoms with Gasteiger partial charge in [-0.05, 0) is 48.4 Å². The molecule has 5 nitrogen and oxygen atoms in total. The molecule has 1 atom stereocenters. The van der Waals surface area contributed by atoms with Crippen LogP contribution in [0, 0.1) is 0 Å². The van der Waals surface area contributed by atoms with Crippen LogP contribution in [0.5, 0.6) is 5.75 Å². The molecule has 1 amide bonds. The van der Waals surface area contributed by atoms with Crippen LogP contribution >= 0.6 is 0 Å². The summed E-state index contributed by atoms with van der Waals surface area (Å²) < 4.78 is 11.3. The third-order valence-corrected chi connectivity index (χ3v) is 3.84. The van der Waals surface area contributed by atoms with Crippen molar-refractivity contribution in [1.29, 1.82) is 0 Å². The molecule has 0 bridgehead atoms. The zero-order valence-electron chi connectivity index (χ0n) is 14.1. The van der Waals surface area contributed by atoms with Crippen molar-refractivity contribution in [2.75, 3.05) is 6.54 Å². The lowest BCUT2D eigenvalue weighted by Crippen LogP contribution is -2.26. The summed E-state index contributed by atoms with van der Waals surface area (Å²) in [5, 5.41) is 14.2. The summed E-state index contributed by atoms with van der Waals surface area (Å²) in [5.74, 6) is 1.27. The monoisotopic (exact) mass is 339 g/mol. The van der Waals surface area contributed by atoms with Crippen LogP contribution in [0.25, 0.3) is 10.8 Å². The van der Waals surface area contributed by atoms with Crippen molar-refractivity contribution in [3.05, 3.63) is 66.1 Å². The molecule has 0 spiro atoms. The minimum atomic E-state index is -0.442. The molecular weight excluding hydrogens is 318 g/mol. The van der Waals surface area contributed by atoms with Crippen molar-refractivity contribution in [3.63, 3.8) is 0 Å². The molecule has 0 saturated carbocycles. The van der Waals surface area contributed by atoms with E-state index in [1.807, 2.05) is 42.5 Å². The summed E-state index contributed by atoms with van der Waals surface area (Å²) in [4.78, 5) is 11.9. The number of furan rings is 1. The Balaban J connectivity index is 1.56. The molecule has 1 heterocycles. The predicted molar refractivity (Wildman–Crippen MR) is 95.6 cm³/mol. The topological polar surface area (TPSA) is 71.7 Å². The Kier molecular flexibility index (Phi) is 5.36. The molecule has 25 heavy (non-hydrogen) atoms. The molecule has 1 aromatic heterocycles. The van der Waals surface area contributed by atoms with E-state index in [2.05, 4.69) is 5.32 Å². The number of aliphatic hydroxyl groups is 1. The maximum Gasteiger partial charge on any atom is 0.286 e. The van der Waals surface area contributed by atoms with Crippen LogP contribution in [-0.2, 0) is 6.61 Å². The molecule has 0 saturated heterocycles. The Labute approximate surface area is 146 Å². The molecule has 0 fully saturated rings. The molecule has 0 aliphatic rings. The van der Waals surface area contributed by atoms with Gasteiger partial charge in [-0.3, -0.25) is 4.79 Å². The SMILES string of the molecule is CC(O)CCNC(=O)c1ccc(COc2ccc3ccccc3c2)o1. The van der Waals surface area contributed by atoms with E-state index in [0.717, 1.165) is 16.5 Å². The Morgan fingerprint density at radius 1 is 1.16 bits per heavy atom. The van der Waals surface area contributed by atoms with E-state index in [0.29, 0.717) is 18.7 Å². The maximum atomic E-state index is 11.9. The summed E-state index contributed by atoms with van der Waals surface area (Å²) >= 11 is 0. The molecule has 3 rings (SSSR count). The zero-order chi connectivity index (χ0) is 17.6. The second-order valence-corrected chi connectivity index (χ2v) is 5.96. The quantitative estimate of drug-likeness (QED) is 0.691. The Hall–Kier alpha value is -2.79. The summed E-state index contributed by atoms with van der Waals surface area (Å²) in [6, 6.07) is 17.3. The van der Waals surface area contributed by atoms with Gasteiger partial charge >= 0.3 is 0 Å². The Bertz CT molecular complexity index is 854. The minimum absolute atomic E-state index is 0.239. The number of hydrogen-bond donors (Lipinski definition) is 2. The van der Waals surface area contributed by atoms with Crippen LogP contribution in [0.4, 0.5) is 0 Å². The highest BCUT2D eigenvalue weighted by Crippen LogP contribution is 2.21. The summed E-state index contributed by atoms with van der Waals surface area (Å²) in [6.45, 7) is 2.33. The van der Waals surface area contributed by atoms with Crippen LogP contribution in [0.3, 0.4) is 0 Å². The number of amides is 1. The molecule has 0 aliphatic carbocycles. The third-order valence-electron chi connectivity index (χ3n) is 3.84. The van der Waals surface area contributed by atoms with Gasteiger partial charge in [0.25, 0.3) is 5.91 Å². The van der Waals surface area contributed by atoms with Crippen LogP contribution in [0.15, 0.2) is 59.0 Å². The van der Waals surface area contributed by atoms with Crippen molar-refractivity contribution in [2.24, 2.45) is 0 Å². The van der Waals surface area contributed by atoms with Gasteiger partial charge in [0.2, 0.25) is 0 Å². The van der Waals surface area contributed by atoms with E-state index >= 15 is 0 Å². The molecule has 2 N–H and O–H groups in total. The lowest BCUT2D eigenvalue weighted by atomic mass is 10.1. The minimum Gasteiger partial charge on any atom is -0.486 e. The first-order valence-electron chi connectivity index (χ1n) is 8.28. The van der Waals surface area contributed by atoms with E-state index in [9.17, 15) is 9.90 Å². The first kappa shape index (κ1) is 17.0. The molecule has 5 heteroatoms. The van der Waals surface area contributed by atoms with Crippen LogP contribution in [0.2, 0.25) is 0 Å². The maximum absolute atomic E-state index is 11.9. The van der Waals surface area contributed by atoms with Crippen molar-refractivity contribution in [2.45, 2.75) is 26.1 Å². The Morgan fingerprint density at radius 2 is 1.96 bits per heavy atom. The number of ether oxygens (including phenoxy) is 1. The van der Waals surface area contributed by atoms with Gasteiger partial charge in [-0.25, -0.2) is 0 Å². The van der Waals surface area contributed by atoms with Gasteiger partial charge in [-0.15, -0.1) is 0 Å². The number of aliphatic hydroxyl groups excluding tert-OH is 1. The predicted octanol–water partition coefficient (Wildman–Crippen LogP) is 3.51. The number of carbonyl (C=O) groups excluding carboxylic acids is 1.